The molecule has 1 aliphatic heterocycles. The molecule has 2 aliphatic carbocycles. The summed E-state index contributed by atoms with van der Waals surface area (Å²) in [6.07, 6.45) is -2.94. The summed E-state index contributed by atoms with van der Waals surface area (Å²) in [5, 5.41) is 23.8. The minimum Gasteiger partial charge on any atom is -0.465 e. The zero-order chi connectivity index (χ0) is 32.6. The van der Waals surface area contributed by atoms with Crippen LogP contribution in [0, 0.1) is 11.3 Å². The molecule has 3 aliphatic rings. The van der Waals surface area contributed by atoms with Gasteiger partial charge in [-0.25, -0.2) is 14.6 Å². The first-order chi connectivity index (χ1) is 21.3. The molecule has 2 bridgehead atoms. The third-order valence-corrected chi connectivity index (χ3v) is 9.07. The predicted octanol–water partition coefficient (Wildman–Crippen LogP) is 2.41. The van der Waals surface area contributed by atoms with Gasteiger partial charge in [0, 0.05) is 26.1 Å². The SMILES string of the molecule is CC(=O)OC[C@@]12[C@@H](OC(=O)/C=C/c3ccccc3)CC[C@H](O)C13OC(C)(C)C([C@@H](OC(C)=O)[C@H]2OC(=O)c1ccccn1)[C@H]3O. The number of fused-ring (bicyclic) bond motifs is 1. The van der Waals surface area contributed by atoms with Crippen LogP contribution in [-0.2, 0) is 38.1 Å². The summed E-state index contributed by atoms with van der Waals surface area (Å²) in [7, 11) is 0. The van der Waals surface area contributed by atoms with Gasteiger partial charge in [0.15, 0.2) is 6.10 Å². The van der Waals surface area contributed by atoms with Gasteiger partial charge in [0.1, 0.15) is 35.5 Å². The van der Waals surface area contributed by atoms with Crippen LogP contribution in [0.4, 0.5) is 0 Å². The highest BCUT2D eigenvalue weighted by Crippen LogP contribution is 2.66. The highest BCUT2D eigenvalue weighted by atomic mass is 16.6. The molecule has 3 fully saturated rings. The molecule has 2 saturated carbocycles. The van der Waals surface area contributed by atoms with E-state index in [-0.39, 0.29) is 18.5 Å². The van der Waals surface area contributed by atoms with Gasteiger partial charge in [-0.3, -0.25) is 9.59 Å². The van der Waals surface area contributed by atoms with Gasteiger partial charge < -0.3 is 33.9 Å². The summed E-state index contributed by atoms with van der Waals surface area (Å²) >= 11 is 0. The van der Waals surface area contributed by atoms with Crippen molar-refractivity contribution in [2.75, 3.05) is 6.61 Å². The summed E-state index contributed by atoms with van der Waals surface area (Å²) < 4.78 is 30.1. The Morgan fingerprint density at radius 2 is 1.67 bits per heavy atom. The van der Waals surface area contributed by atoms with Crippen molar-refractivity contribution in [2.45, 2.75) is 82.3 Å². The lowest BCUT2D eigenvalue weighted by Gasteiger charge is -2.62. The molecule has 2 heterocycles. The number of aliphatic hydroxyl groups is 2. The van der Waals surface area contributed by atoms with E-state index in [0.717, 1.165) is 19.4 Å². The van der Waals surface area contributed by atoms with Crippen LogP contribution in [-0.4, -0.2) is 87.4 Å². The third kappa shape index (κ3) is 5.62. The second-order valence-corrected chi connectivity index (χ2v) is 12.2. The Morgan fingerprint density at radius 1 is 0.956 bits per heavy atom. The Balaban J connectivity index is 1.69. The quantitative estimate of drug-likeness (QED) is 0.251. The second kappa shape index (κ2) is 12.3. The Bertz CT molecular complexity index is 1460. The maximum atomic E-state index is 13.6. The molecule has 2 aromatic rings. The normalized spacial score (nSPS) is 33.1. The van der Waals surface area contributed by atoms with Crippen LogP contribution in [0.5, 0.6) is 0 Å². The number of pyridine rings is 1. The molecule has 1 aromatic heterocycles. The molecule has 1 aromatic carbocycles. The van der Waals surface area contributed by atoms with Crippen LogP contribution in [0.15, 0.2) is 60.8 Å². The average molecular weight is 624 g/mol. The van der Waals surface area contributed by atoms with Crippen molar-refractivity contribution in [1.82, 2.24) is 4.98 Å². The molecule has 1 saturated heterocycles. The van der Waals surface area contributed by atoms with Gasteiger partial charge in [-0.05, 0) is 50.5 Å². The smallest absolute Gasteiger partial charge is 0.357 e. The Hall–Kier alpha value is -4.13. The van der Waals surface area contributed by atoms with Crippen LogP contribution >= 0.6 is 0 Å². The molecule has 1 spiro atoms. The van der Waals surface area contributed by atoms with Crippen LogP contribution in [0.3, 0.4) is 0 Å². The fourth-order valence-corrected chi connectivity index (χ4v) is 7.39. The van der Waals surface area contributed by atoms with E-state index in [4.69, 9.17) is 23.7 Å². The van der Waals surface area contributed by atoms with Crippen LogP contribution in [0.2, 0.25) is 0 Å². The van der Waals surface area contributed by atoms with E-state index in [0.29, 0.717) is 0 Å². The Labute approximate surface area is 260 Å². The number of benzene rings is 1. The van der Waals surface area contributed by atoms with Crippen molar-refractivity contribution in [3.05, 3.63) is 72.1 Å². The number of ether oxygens (including phenoxy) is 5. The van der Waals surface area contributed by atoms with Gasteiger partial charge in [0.05, 0.1) is 23.7 Å². The first-order valence-corrected chi connectivity index (χ1v) is 14.8. The summed E-state index contributed by atoms with van der Waals surface area (Å²) in [6, 6.07) is 13.6. The number of esters is 4. The van der Waals surface area contributed by atoms with Crippen LogP contribution in [0.25, 0.3) is 6.08 Å². The summed E-state index contributed by atoms with van der Waals surface area (Å²) in [6.45, 7) is 4.99. The van der Waals surface area contributed by atoms with E-state index in [2.05, 4.69) is 4.98 Å². The first-order valence-electron chi connectivity index (χ1n) is 14.8. The van der Waals surface area contributed by atoms with Gasteiger partial charge in [0.25, 0.3) is 0 Å². The largest absolute Gasteiger partial charge is 0.465 e. The summed E-state index contributed by atoms with van der Waals surface area (Å²) in [5.41, 5.74) is -4.57. The molecule has 12 nitrogen and oxygen atoms in total. The van der Waals surface area contributed by atoms with Crippen LogP contribution < -0.4 is 0 Å². The fourth-order valence-electron chi connectivity index (χ4n) is 7.39. The number of carbonyl (C=O) groups excluding carboxylic acids is 4. The summed E-state index contributed by atoms with van der Waals surface area (Å²) in [4.78, 5) is 55.9. The Kier molecular flexibility index (Phi) is 8.85. The Morgan fingerprint density at radius 3 is 2.31 bits per heavy atom. The maximum absolute atomic E-state index is 13.6. The van der Waals surface area contributed by atoms with E-state index >= 15 is 0 Å². The lowest BCUT2D eigenvalue weighted by molar-refractivity contribution is -0.323. The minimum atomic E-state index is -1.99. The van der Waals surface area contributed by atoms with Crippen molar-refractivity contribution in [3.8, 4) is 0 Å². The number of rotatable bonds is 8. The third-order valence-electron chi connectivity index (χ3n) is 9.07. The lowest BCUT2D eigenvalue weighted by atomic mass is 9.49. The lowest BCUT2D eigenvalue weighted by Crippen LogP contribution is -2.80. The highest BCUT2D eigenvalue weighted by Gasteiger charge is 2.84. The van der Waals surface area contributed by atoms with E-state index in [1.54, 1.807) is 56.3 Å². The maximum Gasteiger partial charge on any atom is 0.357 e. The molecule has 45 heavy (non-hydrogen) atoms. The average Bonchev–Trinajstić information content (AvgIpc) is 3.17. The predicted molar refractivity (Wildman–Crippen MR) is 156 cm³/mol. The van der Waals surface area contributed by atoms with Crippen molar-refractivity contribution >= 4 is 30.0 Å². The molecule has 240 valence electrons. The molecule has 2 unspecified atom stereocenters. The molecule has 12 heteroatoms. The first kappa shape index (κ1) is 32.3. The fraction of sp³-hybridized carbons (Fsp3) is 0.485. The number of hydrogen-bond acceptors (Lipinski definition) is 12. The number of carbonyl (C=O) groups is 4. The van der Waals surface area contributed by atoms with Gasteiger partial charge >= 0.3 is 23.9 Å². The van der Waals surface area contributed by atoms with Crippen LogP contribution in [0.1, 0.15) is 56.6 Å². The number of aliphatic hydroxyl groups excluding tert-OH is 2. The van der Waals surface area contributed by atoms with E-state index < -0.39 is 83.5 Å². The molecule has 0 radical (unpaired) electrons. The zero-order valence-electron chi connectivity index (χ0n) is 25.5. The topological polar surface area (TPSA) is 168 Å². The second-order valence-electron chi connectivity index (χ2n) is 12.2. The minimum absolute atomic E-state index is 0.000697. The number of hydrogen-bond donors (Lipinski definition) is 2. The monoisotopic (exact) mass is 623 g/mol. The highest BCUT2D eigenvalue weighted by molar-refractivity contribution is 5.88. The summed E-state index contributed by atoms with van der Waals surface area (Å²) in [5.74, 6) is -4.21. The molecule has 0 amide bonds. The number of nitrogens with zero attached hydrogens (tertiary/aromatic N) is 1. The van der Waals surface area contributed by atoms with Crippen molar-refractivity contribution in [1.29, 1.82) is 0 Å². The van der Waals surface area contributed by atoms with Gasteiger partial charge in [0.2, 0.25) is 0 Å². The van der Waals surface area contributed by atoms with Gasteiger partial charge in [-0.1, -0.05) is 36.4 Å². The van der Waals surface area contributed by atoms with Crippen molar-refractivity contribution < 1.29 is 53.1 Å². The standard InChI is InChI=1S/C33H37NO11/c1-19(35)41-18-32-24(43-25(38)16-13-21-10-6-5-7-11-21)15-14-23(37)33(32)28(39)26(31(3,4)45-33)27(42-20(2)36)29(32)44-30(40)22-12-8-9-17-34-22/h5-13,16-17,23-24,26-29,37,39H,14-15,18H2,1-4H3/b16-13+/t23-,24-,26?,27+,28+,29+,32-,33?/m0/s1. The van der Waals surface area contributed by atoms with Crippen molar-refractivity contribution in [2.24, 2.45) is 11.3 Å². The molecule has 2 N–H and O–H groups in total. The van der Waals surface area contributed by atoms with E-state index in [1.165, 1.54) is 18.3 Å². The van der Waals surface area contributed by atoms with Gasteiger partial charge in [-0.15, -0.1) is 0 Å². The van der Waals surface area contributed by atoms with Crippen molar-refractivity contribution in [3.63, 3.8) is 0 Å². The van der Waals surface area contributed by atoms with E-state index in [9.17, 15) is 29.4 Å². The van der Waals surface area contributed by atoms with Gasteiger partial charge in [-0.2, -0.15) is 0 Å². The van der Waals surface area contributed by atoms with E-state index in [1.807, 2.05) is 6.07 Å². The number of aromatic nitrogens is 1. The molecule has 8 atom stereocenters. The molecular weight excluding hydrogens is 586 g/mol. The molecule has 5 rings (SSSR count). The molecular formula is C33H37NO11. The zero-order valence-corrected chi connectivity index (χ0v) is 25.5.